The van der Waals surface area contributed by atoms with Gasteiger partial charge >= 0.3 is 0 Å². The first-order valence-corrected chi connectivity index (χ1v) is 19.9. The van der Waals surface area contributed by atoms with E-state index in [0.717, 1.165) is 17.1 Å². The lowest BCUT2D eigenvalue weighted by Crippen LogP contribution is -2.15. The monoisotopic (exact) mass is 719 g/mol. The maximum Gasteiger partial charge on any atom is 0.0540 e. The van der Waals surface area contributed by atoms with E-state index in [9.17, 15) is 0 Å². The molecule has 0 unspecified atom stereocenters. The molecule has 0 aliphatic heterocycles. The zero-order chi connectivity index (χ0) is 36.7. The summed E-state index contributed by atoms with van der Waals surface area (Å²) >= 11 is 1.90. The number of thiophene rings is 1. The zero-order valence-electron chi connectivity index (χ0n) is 30.8. The van der Waals surface area contributed by atoms with Gasteiger partial charge in [0.1, 0.15) is 0 Å². The number of rotatable bonds is 5. The molecule has 0 fully saturated rings. The third-order valence-electron chi connectivity index (χ3n) is 11.9. The van der Waals surface area contributed by atoms with Crippen LogP contribution in [0, 0.1) is 0 Å². The number of hydrogen-bond donors (Lipinski definition) is 0. The molecular weight excluding hydrogens is 683 g/mol. The molecule has 0 amide bonds. The highest BCUT2D eigenvalue weighted by Gasteiger charge is 2.35. The van der Waals surface area contributed by atoms with Crippen LogP contribution < -0.4 is 4.90 Å². The molecule has 0 saturated heterocycles. The largest absolute Gasteiger partial charge is 0.310 e. The minimum absolute atomic E-state index is 0.0594. The summed E-state index contributed by atoms with van der Waals surface area (Å²) in [5.74, 6) is 0. The third kappa shape index (κ3) is 4.92. The fraction of sp³-hybridized carbons (Fsp3) is 0.0566. The Morgan fingerprint density at radius 3 is 1.93 bits per heavy atom. The van der Waals surface area contributed by atoms with Gasteiger partial charge < -0.3 is 4.90 Å². The van der Waals surface area contributed by atoms with Gasteiger partial charge in [-0.3, -0.25) is 0 Å². The van der Waals surface area contributed by atoms with E-state index in [4.69, 9.17) is 0 Å². The van der Waals surface area contributed by atoms with Crippen molar-refractivity contribution in [2.24, 2.45) is 0 Å². The Labute approximate surface area is 325 Å². The maximum atomic E-state index is 2.46. The summed E-state index contributed by atoms with van der Waals surface area (Å²) in [5.41, 5.74) is 13.7. The van der Waals surface area contributed by atoms with Crippen molar-refractivity contribution >= 4 is 70.1 Å². The lowest BCUT2D eigenvalue weighted by Gasteiger charge is -2.29. The van der Waals surface area contributed by atoms with E-state index in [1.807, 2.05) is 11.3 Å². The third-order valence-corrected chi connectivity index (χ3v) is 13.1. The molecule has 0 atom stereocenters. The van der Waals surface area contributed by atoms with E-state index in [-0.39, 0.29) is 5.41 Å². The van der Waals surface area contributed by atoms with Gasteiger partial charge in [-0.1, -0.05) is 166 Å². The molecule has 1 aliphatic carbocycles. The first kappa shape index (κ1) is 32.0. The molecule has 0 radical (unpaired) electrons. The molecule has 10 aromatic rings. The van der Waals surface area contributed by atoms with Crippen molar-refractivity contribution in [2.75, 3.05) is 4.90 Å². The van der Waals surface area contributed by atoms with Gasteiger partial charge in [0.2, 0.25) is 0 Å². The van der Waals surface area contributed by atoms with Gasteiger partial charge in [-0.05, 0) is 91.5 Å². The van der Waals surface area contributed by atoms with E-state index in [1.54, 1.807) is 0 Å². The van der Waals surface area contributed by atoms with E-state index in [1.165, 1.54) is 86.2 Å². The quantitative estimate of drug-likeness (QED) is 0.171. The molecule has 1 aromatic heterocycles. The highest BCUT2D eigenvalue weighted by molar-refractivity contribution is 7.26. The predicted molar refractivity (Wildman–Crippen MR) is 237 cm³/mol. The number of anilines is 3. The van der Waals surface area contributed by atoms with Crippen molar-refractivity contribution in [3.05, 3.63) is 199 Å². The fourth-order valence-corrected chi connectivity index (χ4v) is 10.5. The molecule has 9 aromatic carbocycles. The normalized spacial score (nSPS) is 13.1. The zero-order valence-corrected chi connectivity index (χ0v) is 31.6. The van der Waals surface area contributed by atoms with Crippen LogP contribution in [0.15, 0.2) is 188 Å². The van der Waals surface area contributed by atoms with Crippen LogP contribution in [-0.4, -0.2) is 0 Å². The molecule has 0 N–H and O–H groups in total. The van der Waals surface area contributed by atoms with E-state index in [2.05, 4.69) is 207 Å². The van der Waals surface area contributed by atoms with Crippen LogP contribution in [0.2, 0.25) is 0 Å². The highest BCUT2D eigenvalue weighted by Crippen LogP contribution is 2.52. The van der Waals surface area contributed by atoms with Crippen LogP contribution >= 0.6 is 11.3 Å². The van der Waals surface area contributed by atoms with Crippen molar-refractivity contribution in [3.63, 3.8) is 0 Å². The van der Waals surface area contributed by atoms with Gasteiger partial charge in [0.25, 0.3) is 0 Å². The summed E-state index contributed by atoms with van der Waals surface area (Å²) in [6.07, 6.45) is 0. The standard InChI is InChI=1S/C53H37NS/c1-53(2)47-22-8-5-17-42(47)46-33-38(30-32-48(46)53)54(49-23-9-6-18-43(49)41-21-11-14-34-13-3-4-16-39(34)41)37-28-25-35(26-29-37)40-20-12-15-36-27-31-45-44-19-7-10-24-50(44)55-52(45)51(36)40/h3-33H,1-2H3. The lowest BCUT2D eigenvalue weighted by atomic mass is 9.82. The molecule has 1 aliphatic rings. The van der Waals surface area contributed by atoms with Gasteiger partial charge in [0.15, 0.2) is 0 Å². The average molecular weight is 720 g/mol. The summed E-state index contributed by atoms with van der Waals surface area (Å²) < 4.78 is 2.68. The molecule has 11 rings (SSSR count). The molecular formula is C53H37NS. The van der Waals surface area contributed by atoms with Crippen molar-refractivity contribution in [1.29, 1.82) is 0 Å². The molecule has 1 nitrogen and oxygen atoms in total. The number of fused-ring (bicyclic) bond motifs is 9. The summed E-state index contributed by atoms with van der Waals surface area (Å²) in [4.78, 5) is 2.46. The SMILES string of the molecule is CC1(C)c2ccccc2-c2cc(N(c3ccc(-c4cccc5ccc6c7ccccc7sc6c45)cc3)c3ccccc3-c3cccc4ccccc34)ccc21. The van der Waals surface area contributed by atoms with Crippen LogP contribution in [0.3, 0.4) is 0 Å². The van der Waals surface area contributed by atoms with Gasteiger partial charge in [0, 0.05) is 47.9 Å². The molecule has 0 saturated carbocycles. The highest BCUT2D eigenvalue weighted by atomic mass is 32.1. The van der Waals surface area contributed by atoms with Crippen LogP contribution in [0.5, 0.6) is 0 Å². The molecule has 55 heavy (non-hydrogen) atoms. The fourth-order valence-electron chi connectivity index (χ4n) is 9.21. The van der Waals surface area contributed by atoms with Crippen LogP contribution in [0.25, 0.3) is 75.1 Å². The number of hydrogen-bond acceptors (Lipinski definition) is 2. The topological polar surface area (TPSA) is 3.24 Å². The van der Waals surface area contributed by atoms with Gasteiger partial charge in [-0.15, -0.1) is 11.3 Å². The van der Waals surface area contributed by atoms with Crippen molar-refractivity contribution < 1.29 is 0 Å². The van der Waals surface area contributed by atoms with Gasteiger partial charge in [0.05, 0.1) is 5.69 Å². The molecule has 0 spiro atoms. The summed E-state index contributed by atoms with van der Waals surface area (Å²) in [5, 5.41) is 7.75. The summed E-state index contributed by atoms with van der Waals surface area (Å²) in [6.45, 7) is 4.70. The molecule has 2 heteroatoms. The minimum Gasteiger partial charge on any atom is -0.310 e. The van der Waals surface area contributed by atoms with Crippen molar-refractivity contribution in [2.45, 2.75) is 19.3 Å². The second-order valence-electron chi connectivity index (χ2n) is 15.3. The van der Waals surface area contributed by atoms with E-state index in [0.29, 0.717) is 0 Å². The predicted octanol–water partition coefficient (Wildman–Crippen LogP) is 15.5. The Morgan fingerprint density at radius 1 is 0.418 bits per heavy atom. The number of nitrogens with zero attached hydrogens (tertiary/aromatic N) is 1. The number of benzene rings is 9. The van der Waals surface area contributed by atoms with Gasteiger partial charge in [-0.25, -0.2) is 0 Å². The van der Waals surface area contributed by atoms with Gasteiger partial charge in [-0.2, -0.15) is 0 Å². The first-order chi connectivity index (χ1) is 27.0. The Balaban J connectivity index is 1.11. The average Bonchev–Trinajstić information content (AvgIpc) is 3.73. The molecule has 0 bridgehead atoms. The Bertz CT molecular complexity index is 3120. The smallest absolute Gasteiger partial charge is 0.0540 e. The molecule has 260 valence electrons. The lowest BCUT2D eigenvalue weighted by molar-refractivity contribution is 0.660. The maximum absolute atomic E-state index is 2.46. The molecule has 1 heterocycles. The van der Waals surface area contributed by atoms with Crippen molar-refractivity contribution in [1.82, 2.24) is 0 Å². The van der Waals surface area contributed by atoms with Crippen LogP contribution in [0.4, 0.5) is 17.1 Å². The number of para-hydroxylation sites is 1. The van der Waals surface area contributed by atoms with Crippen molar-refractivity contribution in [3.8, 4) is 33.4 Å². The summed E-state index contributed by atoms with van der Waals surface area (Å²) in [6, 6.07) is 69.6. The first-order valence-electron chi connectivity index (χ1n) is 19.1. The Kier molecular flexibility index (Phi) is 7.14. The van der Waals surface area contributed by atoms with E-state index < -0.39 is 0 Å². The second-order valence-corrected chi connectivity index (χ2v) is 16.3. The summed E-state index contributed by atoms with van der Waals surface area (Å²) in [7, 11) is 0. The van der Waals surface area contributed by atoms with Crippen LogP contribution in [0.1, 0.15) is 25.0 Å². The van der Waals surface area contributed by atoms with E-state index >= 15 is 0 Å². The Morgan fingerprint density at radius 2 is 1.05 bits per heavy atom. The minimum atomic E-state index is -0.0594. The van der Waals surface area contributed by atoms with Crippen LogP contribution in [-0.2, 0) is 5.41 Å². The second kappa shape index (κ2) is 12.3. The Hall–Kier alpha value is -6.48.